The molecule has 0 bridgehead atoms. The highest BCUT2D eigenvalue weighted by molar-refractivity contribution is 5.71. The first-order chi connectivity index (χ1) is 38.5. The molecule has 1 unspecified atom stereocenters. The van der Waals surface area contributed by atoms with Crippen LogP contribution in [0.2, 0.25) is 0 Å². The molecule has 0 aromatic carbocycles. The van der Waals surface area contributed by atoms with E-state index in [9.17, 15) is 14.4 Å². The first kappa shape index (κ1) is 73.8. The number of esters is 3. The minimum absolute atomic E-state index is 0.0900. The number of allylic oxidation sites excluding steroid dienone is 20. The van der Waals surface area contributed by atoms with Crippen molar-refractivity contribution in [3.8, 4) is 0 Å². The van der Waals surface area contributed by atoms with Gasteiger partial charge in [0.25, 0.3) is 0 Å². The van der Waals surface area contributed by atoms with Gasteiger partial charge in [-0.15, -0.1) is 0 Å². The highest BCUT2D eigenvalue weighted by atomic mass is 16.6. The molecule has 6 nitrogen and oxygen atoms in total. The second-order valence-electron chi connectivity index (χ2n) is 21.3. The molecule has 0 radical (unpaired) electrons. The van der Waals surface area contributed by atoms with Gasteiger partial charge in [0.1, 0.15) is 13.2 Å². The van der Waals surface area contributed by atoms with Crippen LogP contribution in [0.4, 0.5) is 0 Å². The summed E-state index contributed by atoms with van der Waals surface area (Å²) in [5, 5.41) is 0. The Bertz CT molecular complexity index is 1620. The van der Waals surface area contributed by atoms with Crippen molar-refractivity contribution >= 4 is 17.9 Å². The fourth-order valence-electron chi connectivity index (χ4n) is 8.87. The van der Waals surface area contributed by atoms with Gasteiger partial charge < -0.3 is 14.2 Å². The van der Waals surface area contributed by atoms with E-state index in [0.29, 0.717) is 19.3 Å². The molecule has 0 amide bonds. The fraction of sp³-hybridized carbons (Fsp3) is 0.681. The number of unbranched alkanes of at least 4 members (excludes halogenated alkanes) is 27. The van der Waals surface area contributed by atoms with E-state index in [0.717, 1.165) is 141 Å². The maximum atomic E-state index is 12.9. The number of hydrogen-bond donors (Lipinski definition) is 0. The lowest BCUT2D eigenvalue weighted by Gasteiger charge is -2.18. The van der Waals surface area contributed by atoms with Gasteiger partial charge in [-0.1, -0.05) is 271 Å². The summed E-state index contributed by atoms with van der Waals surface area (Å²) < 4.78 is 16.9. The summed E-state index contributed by atoms with van der Waals surface area (Å²) in [6, 6.07) is 0. The molecule has 0 saturated carbocycles. The average Bonchev–Trinajstić information content (AvgIpc) is 3.44. The van der Waals surface area contributed by atoms with Crippen LogP contribution in [0.3, 0.4) is 0 Å². The molecule has 0 fully saturated rings. The van der Waals surface area contributed by atoms with E-state index < -0.39 is 6.10 Å². The van der Waals surface area contributed by atoms with Gasteiger partial charge in [-0.3, -0.25) is 14.4 Å². The number of rotatable bonds is 58. The van der Waals surface area contributed by atoms with Crippen molar-refractivity contribution in [2.24, 2.45) is 0 Å². The van der Waals surface area contributed by atoms with Crippen LogP contribution in [0.25, 0.3) is 0 Å². The van der Waals surface area contributed by atoms with Crippen molar-refractivity contribution in [1.82, 2.24) is 0 Å². The number of hydrogen-bond acceptors (Lipinski definition) is 6. The lowest BCUT2D eigenvalue weighted by atomic mass is 10.0. The van der Waals surface area contributed by atoms with Crippen LogP contribution in [0.1, 0.15) is 297 Å². The van der Waals surface area contributed by atoms with Crippen molar-refractivity contribution in [3.63, 3.8) is 0 Å². The van der Waals surface area contributed by atoms with Gasteiger partial charge >= 0.3 is 17.9 Å². The second kappa shape index (κ2) is 65.3. The molecule has 0 aliphatic heterocycles. The van der Waals surface area contributed by atoms with Gasteiger partial charge in [-0.05, 0) is 128 Å². The molecule has 1 atom stereocenters. The van der Waals surface area contributed by atoms with Crippen LogP contribution in [0, 0.1) is 0 Å². The van der Waals surface area contributed by atoms with E-state index in [1.54, 1.807) is 0 Å². The SMILES string of the molecule is CC/C=C\C/C=C\C/C=C\C/C=C\C/C=C\CCCCCCCCCCCCCC(=O)OCC(COC(=O)CCCCCCC/C=C\C/C=C\C/C=C\CC)OC(=O)CCCCCCCCC/C=C\C/C=C\CCCCCC. The maximum Gasteiger partial charge on any atom is 0.306 e. The van der Waals surface area contributed by atoms with Gasteiger partial charge in [-0.2, -0.15) is 0 Å². The summed E-state index contributed by atoms with van der Waals surface area (Å²) in [6.45, 7) is 6.39. The molecule has 78 heavy (non-hydrogen) atoms. The van der Waals surface area contributed by atoms with Crippen LogP contribution in [-0.4, -0.2) is 37.2 Å². The average molecular weight is 1080 g/mol. The molecule has 6 heteroatoms. The Balaban J connectivity index is 4.36. The van der Waals surface area contributed by atoms with E-state index in [-0.39, 0.29) is 31.1 Å². The van der Waals surface area contributed by atoms with E-state index in [1.165, 1.54) is 116 Å². The Morgan fingerprint density at radius 3 is 0.782 bits per heavy atom. The summed E-state index contributed by atoms with van der Waals surface area (Å²) in [7, 11) is 0. The van der Waals surface area contributed by atoms with Gasteiger partial charge in [0.15, 0.2) is 6.10 Å². The highest BCUT2D eigenvalue weighted by Crippen LogP contribution is 2.16. The van der Waals surface area contributed by atoms with E-state index >= 15 is 0 Å². The molecule has 0 N–H and O–H groups in total. The van der Waals surface area contributed by atoms with Gasteiger partial charge in [0.05, 0.1) is 0 Å². The maximum absolute atomic E-state index is 12.9. The summed E-state index contributed by atoms with van der Waals surface area (Å²) in [5.74, 6) is -0.912. The molecular weight excluding hydrogens is 961 g/mol. The van der Waals surface area contributed by atoms with E-state index in [1.807, 2.05) is 0 Å². The molecule has 0 rings (SSSR count). The Labute approximate surface area is 482 Å². The number of carbonyl (C=O) groups is 3. The zero-order valence-corrected chi connectivity index (χ0v) is 50.9. The van der Waals surface area contributed by atoms with E-state index in [2.05, 4.69) is 142 Å². The summed E-state index contributed by atoms with van der Waals surface area (Å²) in [6.07, 6.45) is 90.6. The lowest BCUT2D eigenvalue weighted by molar-refractivity contribution is -0.167. The summed E-state index contributed by atoms with van der Waals surface area (Å²) in [4.78, 5) is 38.4. The normalized spacial score (nSPS) is 12.9. The Morgan fingerprint density at radius 2 is 0.500 bits per heavy atom. The van der Waals surface area contributed by atoms with Crippen LogP contribution < -0.4 is 0 Å². The predicted molar refractivity (Wildman–Crippen MR) is 339 cm³/mol. The lowest BCUT2D eigenvalue weighted by Crippen LogP contribution is -2.30. The molecule has 0 spiro atoms. The zero-order chi connectivity index (χ0) is 56.4. The summed E-state index contributed by atoms with van der Waals surface area (Å²) in [5.41, 5.74) is 0. The first-order valence-electron chi connectivity index (χ1n) is 32.5. The highest BCUT2D eigenvalue weighted by Gasteiger charge is 2.19. The summed E-state index contributed by atoms with van der Waals surface area (Å²) >= 11 is 0. The number of ether oxygens (including phenoxy) is 3. The molecular formula is C72H120O6. The fourth-order valence-corrected chi connectivity index (χ4v) is 8.87. The minimum Gasteiger partial charge on any atom is -0.462 e. The monoisotopic (exact) mass is 1080 g/mol. The van der Waals surface area contributed by atoms with Crippen molar-refractivity contribution < 1.29 is 28.6 Å². The Kier molecular flexibility index (Phi) is 61.8. The van der Waals surface area contributed by atoms with Gasteiger partial charge in [0, 0.05) is 19.3 Å². The smallest absolute Gasteiger partial charge is 0.306 e. The minimum atomic E-state index is -0.795. The van der Waals surface area contributed by atoms with Crippen molar-refractivity contribution in [3.05, 3.63) is 122 Å². The molecule has 0 aromatic rings. The molecule has 0 aliphatic rings. The van der Waals surface area contributed by atoms with Crippen LogP contribution in [0.5, 0.6) is 0 Å². The second-order valence-corrected chi connectivity index (χ2v) is 21.3. The quantitative estimate of drug-likeness (QED) is 0.0261. The Morgan fingerprint density at radius 1 is 0.269 bits per heavy atom. The third kappa shape index (κ3) is 62.7. The third-order valence-electron chi connectivity index (χ3n) is 13.7. The van der Waals surface area contributed by atoms with Crippen molar-refractivity contribution in [1.29, 1.82) is 0 Å². The third-order valence-corrected chi connectivity index (χ3v) is 13.7. The first-order valence-corrected chi connectivity index (χ1v) is 32.5. The molecule has 0 saturated heterocycles. The van der Waals surface area contributed by atoms with Crippen LogP contribution in [0.15, 0.2) is 122 Å². The van der Waals surface area contributed by atoms with Gasteiger partial charge in [0.2, 0.25) is 0 Å². The molecule has 444 valence electrons. The van der Waals surface area contributed by atoms with Crippen LogP contribution >= 0.6 is 0 Å². The molecule has 0 aliphatic carbocycles. The Hall–Kier alpha value is -4.19. The molecule has 0 aromatic heterocycles. The van der Waals surface area contributed by atoms with Gasteiger partial charge in [-0.25, -0.2) is 0 Å². The van der Waals surface area contributed by atoms with Crippen LogP contribution in [-0.2, 0) is 28.6 Å². The standard InChI is InChI=1S/C72H120O6/c1-4-7-10-13-16-19-22-25-28-30-32-33-34-35-36-37-38-39-40-42-44-47-50-53-56-59-62-65-71(74)77-68-69(67-76-70(73)64-61-58-55-52-49-46-43-27-24-21-18-15-12-9-6-3)78-72(75)66-63-60-57-54-51-48-45-41-31-29-26-23-20-17-14-11-8-5-2/h7,9-10,12,16,18-21,23,25,27-29,31-33,35-36,43,69H,4-6,8,11,13-15,17,22,24,26,30,34,37-42,44-68H2,1-3H3/b10-7-,12-9-,19-16-,21-18-,23-20-,28-25-,31-29-,33-32-,36-35-,43-27-. The molecule has 0 heterocycles. The van der Waals surface area contributed by atoms with E-state index in [4.69, 9.17) is 14.2 Å². The van der Waals surface area contributed by atoms with Crippen molar-refractivity contribution in [2.45, 2.75) is 303 Å². The van der Waals surface area contributed by atoms with Crippen molar-refractivity contribution in [2.75, 3.05) is 13.2 Å². The predicted octanol–water partition coefficient (Wildman–Crippen LogP) is 22.4. The number of carbonyl (C=O) groups excluding carboxylic acids is 3. The topological polar surface area (TPSA) is 78.9 Å². The largest absolute Gasteiger partial charge is 0.462 e. The zero-order valence-electron chi connectivity index (χ0n) is 50.9.